The summed E-state index contributed by atoms with van der Waals surface area (Å²) in [4.78, 5) is 26.2. The second-order valence-corrected chi connectivity index (χ2v) is 11.0. The van der Waals surface area contributed by atoms with Crippen LogP contribution in [0.15, 0.2) is 0 Å². The summed E-state index contributed by atoms with van der Waals surface area (Å²) in [5, 5.41) is 10.6. The molecule has 0 amide bonds. The average molecular weight is 425 g/mol. The highest BCUT2D eigenvalue weighted by molar-refractivity contribution is 9.09. The van der Waals surface area contributed by atoms with Gasteiger partial charge in [-0.05, 0) is 73.0 Å². The Bertz CT molecular complexity index is 619. The van der Waals surface area contributed by atoms with Crippen molar-refractivity contribution in [3.63, 3.8) is 0 Å². The molecule has 4 rings (SSSR count). The molecule has 4 aliphatic carbocycles. The van der Waals surface area contributed by atoms with Gasteiger partial charge in [-0.3, -0.25) is 9.59 Å². The van der Waals surface area contributed by atoms with Crippen LogP contribution in [-0.4, -0.2) is 28.1 Å². The number of hydrogen-bond donors (Lipinski definition) is 1. The van der Waals surface area contributed by atoms with Crippen molar-refractivity contribution in [2.75, 3.05) is 5.33 Å². The molecule has 0 radical (unpaired) electrons. The molecule has 4 heteroatoms. The molecule has 0 aromatic carbocycles. The molecule has 0 aliphatic heterocycles. The molecule has 0 unspecified atom stereocenters. The summed E-state index contributed by atoms with van der Waals surface area (Å²) in [6.07, 6.45) is 6.43. The summed E-state index contributed by atoms with van der Waals surface area (Å²) < 4.78 is 0. The van der Waals surface area contributed by atoms with Gasteiger partial charge in [0.25, 0.3) is 0 Å². The molecule has 0 bridgehead atoms. The number of fused-ring (bicyclic) bond motifs is 5. The van der Waals surface area contributed by atoms with Crippen LogP contribution in [0.4, 0.5) is 0 Å². The number of carbonyl (C=O) groups excluding carboxylic acids is 2. The summed E-state index contributed by atoms with van der Waals surface area (Å²) in [6.45, 7) is 6.79. The van der Waals surface area contributed by atoms with Crippen molar-refractivity contribution in [1.82, 2.24) is 0 Å². The zero-order valence-corrected chi connectivity index (χ0v) is 17.9. The largest absolute Gasteiger partial charge is 0.393 e. The fraction of sp³-hybridized carbons (Fsp3) is 0.909. The van der Waals surface area contributed by atoms with E-state index in [0.29, 0.717) is 41.2 Å². The molecule has 0 aromatic rings. The van der Waals surface area contributed by atoms with Crippen LogP contribution in [0, 0.1) is 46.3 Å². The third kappa shape index (κ3) is 2.53. The van der Waals surface area contributed by atoms with E-state index in [4.69, 9.17) is 0 Å². The summed E-state index contributed by atoms with van der Waals surface area (Å²) >= 11 is 3.38. The molecule has 26 heavy (non-hydrogen) atoms. The van der Waals surface area contributed by atoms with E-state index in [2.05, 4.69) is 36.7 Å². The Morgan fingerprint density at radius 2 is 1.92 bits per heavy atom. The lowest BCUT2D eigenvalue weighted by Gasteiger charge is -2.59. The van der Waals surface area contributed by atoms with Crippen LogP contribution in [0.2, 0.25) is 0 Å². The minimum atomic E-state index is -0.180. The van der Waals surface area contributed by atoms with Crippen LogP contribution < -0.4 is 0 Å². The zero-order chi connectivity index (χ0) is 18.9. The van der Waals surface area contributed by atoms with Crippen LogP contribution in [0.5, 0.6) is 0 Å². The quantitative estimate of drug-likeness (QED) is 0.668. The Labute approximate surface area is 165 Å². The van der Waals surface area contributed by atoms with Gasteiger partial charge in [0.2, 0.25) is 0 Å². The molecular weight excluding hydrogens is 392 g/mol. The Balaban J connectivity index is 1.69. The highest BCUT2D eigenvalue weighted by atomic mass is 79.9. The maximum Gasteiger partial charge on any atom is 0.147 e. The van der Waals surface area contributed by atoms with Crippen LogP contribution in [0.25, 0.3) is 0 Å². The van der Waals surface area contributed by atoms with Gasteiger partial charge in [-0.25, -0.2) is 0 Å². The predicted molar refractivity (Wildman–Crippen MR) is 105 cm³/mol. The van der Waals surface area contributed by atoms with Crippen LogP contribution in [0.3, 0.4) is 0 Å². The van der Waals surface area contributed by atoms with Gasteiger partial charge in [-0.2, -0.15) is 0 Å². The fourth-order valence-corrected chi connectivity index (χ4v) is 8.54. The molecule has 4 fully saturated rings. The van der Waals surface area contributed by atoms with Crippen molar-refractivity contribution in [2.45, 2.75) is 71.8 Å². The van der Waals surface area contributed by atoms with Crippen molar-refractivity contribution in [3.8, 4) is 0 Å². The lowest BCUT2D eigenvalue weighted by atomic mass is 9.44. The molecule has 4 aliphatic rings. The average Bonchev–Trinajstić information content (AvgIpc) is 2.84. The number of alkyl halides is 1. The first-order chi connectivity index (χ1) is 12.2. The second kappa shape index (κ2) is 6.40. The van der Waals surface area contributed by atoms with Crippen LogP contribution >= 0.6 is 15.9 Å². The Kier molecular flexibility index (Phi) is 4.71. The summed E-state index contributed by atoms with van der Waals surface area (Å²) in [5.74, 6) is 2.67. The van der Waals surface area contributed by atoms with E-state index in [-0.39, 0.29) is 34.6 Å². The van der Waals surface area contributed by atoms with Crippen molar-refractivity contribution in [1.29, 1.82) is 0 Å². The van der Waals surface area contributed by atoms with E-state index in [1.54, 1.807) is 0 Å². The Morgan fingerprint density at radius 1 is 1.19 bits per heavy atom. The number of Topliss-reactive ketones (excluding diaryl/α,β-unsaturated/α-hetero) is 2. The molecule has 0 aromatic heterocycles. The maximum absolute atomic E-state index is 13.5. The van der Waals surface area contributed by atoms with Crippen molar-refractivity contribution in [3.05, 3.63) is 0 Å². The summed E-state index contributed by atoms with van der Waals surface area (Å²) in [5.41, 5.74) is -0.0960. The molecular formula is C22H33BrO3. The number of carbonyl (C=O) groups is 2. The molecule has 9 atom stereocenters. The predicted octanol–water partition coefficient (Wildman–Crippen LogP) is 4.40. The maximum atomic E-state index is 13.5. The summed E-state index contributed by atoms with van der Waals surface area (Å²) in [6, 6.07) is 0. The van der Waals surface area contributed by atoms with Gasteiger partial charge in [0, 0.05) is 18.3 Å². The van der Waals surface area contributed by atoms with Crippen LogP contribution in [-0.2, 0) is 9.59 Å². The molecule has 0 heterocycles. The molecule has 1 N–H and O–H groups in total. The monoisotopic (exact) mass is 424 g/mol. The number of halogens is 1. The normalized spacial score (nSPS) is 53.6. The number of ketones is 2. The molecule has 3 nitrogen and oxygen atoms in total. The minimum absolute atomic E-state index is 0.0236. The van der Waals surface area contributed by atoms with E-state index < -0.39 is 0 Å². The lowest BCUT2D eigenvalue weighted by molar-refractivity contribution is -0.162. The Hall–Kier alpha value is -0.220. The van der Waals surface area contributed by atoms with Crippen molar-refractivity contribution < 1.29 is 14.7 Å². The van der Waals surface area contributed by atoms with E-state index in [1.165, 1.54) is 0 Å². The van der Waals surface area contributed by atoms with Crippen molar-refractivity contribution >= 4 is 27.5 Å². The number of aliphatic hydroxyl groups excluding tert-OH is 1. The van der Waals surface area contributed by atoms with E-state index >= 15 is 0 Å². The van der Waals surface area contributed by atoms with Gasteiger partial charge < -0.3 is 5.11 Å². The van der Waals surface area contributed by atoms with Gasteiger partial charge in [0.15, 0.2) is 0 Å². The number of aliphatic hydroxyl groups is 1. The SMILES string of the molecule is C[C@@H]1C[C@H]2[C@@H]3CC[C@H]4C[C@H](O)CC[C@]4(C)[C@H]3C(=O)C[C@]2(C)[C@H]1C(=O)CBr. The standard InChI is InChI=1S/C22H33BrO3/c1-12-8-16-15-5-4-13-9-14(24)6-7-21(13,2)20(15)17(25)10-22(16,3)19(12)18(26)11-23/h12-16,19-20,24H,4-11H2,1-3H3/t12-,13+,14-,15+,16+,19-,20-,21+,22+/m1/s1. The molecule has 4 saturated carbocycles. The van der Waals surface area contributed by atoms with E-state index in [9.17, 15) is 14.7 Å². The Morgan fingerprint density at radius 3 is 2.62 bits per heavy atom. The lowest BCUT2D eigenvalue weighted by Crippen LogP contribution is -2.58. The second-order valence-electron chi connectivity index (χ2n) is 10.4. The highest BCUT2D eigenvalue weighted by Crippen LogP contribution is 2.67. The molecule has 146 valence electrons. The summed E-state index contributed by atoms with van der Waals surface area (Å²) in [7, 11) is 0. The van der Waals surface area contributed by atoms with Crippen LogP contribution in [0.1, 0.15) is 65.7 Å². The number of hydrogen-bond acceptors (Lipinski definition) is 3. The van der Waals surface area contributed by atoms with E-state index in [0.717, 1.165) is 38.5 Å². The van der Waals surface area contributed by atoms with Gasteiger partial charge >= 0.3 is 0 Å². The minimum Gasteiger partial charge on any atom is -0.393 e. The van der Waals surface area contributed by atoms with Gasteiger partial charge in [-0.1, -0.05) is 36.7 Å². The fourth-order valence-electron chi connectivity index (χ4n) is 8.19. The highest BCUT2D eigenvalue weighted by Gasteiger charge is 2.65. The number of rotatable bonds is 2. The van der Waals surface area contributed by atoms with Gasteiger partial charge in [-0.15, -0.1) is 0 Å². The third-order valence-corrected chi connectivity index (χ3v) is 9.69. The third-order valence-electron chi connectivity index (χ3n) is 9.14. The first kappa shape index (κ1) is 19.1. The molecule has 0 spiro atoms. The van der Waals surface area contributed by atoms with E-state index in [1.807, 2.05) is 0 Å². The topological polar surface area (TPSA) is 54.4 Å². The first-order valence-corrected chi connectivity index (χ1v) is 11.6. The molecule has 0 saturated heterocycles. The van der Waals surface area contributed by atoms with Crippen molar-refractivity contribution in [2.24, 2.45) is 46.3 Å². The smallest absolute Gasteiger partial charge is 0.147 e. The zero-order valence-electron chi connectivity index (χ0n) is 16.3. The first-order valence-electron chi connectivity index (χ1n) is 10.5. The van der Waals surface area contributed by atoms with Gasteiger partial charge in [0.1, 0.15) is 11.6 Å². The van der Waals surface area contributed by atoms with Gasteiger partial charge in [0.05, 0.1) is 11.4 Å².